The second-order valence-corrected chi connectivity index (χ2v) is 9.07. The van der Waals surface area contributed by atoms with Crippen molar-refractivity contribution >= 4 is 39.9 Å². The number of nitrogens with zero attached hydrogens (tertiary/aromatic N) is 4. The number of carbonyl (C=O) groups excluding carboxylic acids is 1. The van der Waals surface area contributed by atoms with Gasteiger partial charge < -0.3 is 14.8 Å². The first-order valence-electron chi connectivity index (χ1n) is 10.8. The third-order valence-corrected chi connectivity index (χ3v) is 6.49. The largest absolute Gasteiger partial charge is 0.495 e. The van der Waals surface area contributed by atoms with E-state index < -0.39 is 10.2 Å². The van der Waals surface area contributed by atoms with Gasteiger partial charge in [-0.15, -0.1) is 0 Å². The fourth-order valence-electron chi connectivity index (χ4n) is 3.58. The Kier molecular flexibility index (Phi) is 7.56. The van der Waals surface area contributed by atoms with Crippen molar-refractivity contribution < 1.29 is 19.2 Å². The van der Waals surface area contributed by atoms with E-state index in [-0.39, 0.29) is 17.3 Å². The van der Waals surface area contributed by atoms with Gasteiger partial charge in [-0.3, -0.25) is 19.8 Å². The summed E-state index contributed by atoms with van der Waals surface area (Å²) in [6.45, 7) is 5.39. The Bertz CT molecular complexity index is 1200. The van der Waals surface area contributed by atoms with Crippen LogP contribution in [0.1, 0.15) is 12.7 Å². The van der Waals surface area contributed by atoms with Crippen LogP contribution in [-0.2, 0) is 16.1 Å². The van der Waals surface area contributed by atoms with Gasteiger partial charge in [0.1, 0.15) is 16.6 Å². The third kappa shape index (κ3) is 5.61. The minimum Gasteiger partial charge on any atom is -0.495 e. The van der Waals surface area contributed by atoms with Gasteiger partial charge in [0.05, 0.1) is 48.2 Å². The molecule has 0 spiro atoms. The van der Waals surface area contributed by atoms with E-state index in [1.165, 1.54) is 37.1 Å². The second-order valence-electron chi connectivity index (χ2n) is 7.74. The Morgan fingerprint density at radius 3 is 2.76 bits per heavy atom. The fraction of sp³-hybridized carbons (Fsp3) is 0.348. The topological polar surface area (TPSA) is 120 Å². The van der Waals surface area contributed by atoms with Crippen molar-refractivity contribution in [1.29, 1.82) is 0 Å². The highest BCUT2D eigenvalue weighted by Gasteiger charge is 2.21. The molecule has 2 aromatic carbocycles. The lowest BCUT2D eigenvalue weighted by Gasteiger charge is -2.26. The number of hydrogen-bond acceptors (Lipinski definition) is 9. The van der Waals surface area contributed by atoms with E-state index in [0.29, 0.717) is 36.4 Å². The number of nitro benzene ring substituents is 1. The molecule has 1 saturated heterocycles. The lowest BCUT2D eigenvalue weighted by molar-refractivity contribution is -0.384. The van der Waals surface area contributed by atoms with Crippen molar-refractivity contribution in [3.8, 4) is 5.75 Å². The Morgan fingerprint density at radius 1 is 1.26 bits per heavy atom. The lowest BCUT2D eigenvalue weighted by Crippen LogP contribution is -2.36. The molecule has 0 saturated carbocycles. The average molecular weight is 484 g/mol. The molecule has 1 N–H and O–H groups in total. The van der Waals surface area contributed by atoms with Crippen LogP contribution in [-0.4, -0.2) is 64.4 Å². The number of methoxy groups -OCH3 is 1. The van der Waals surface area contributed by atoms with Crippen LogP contribution in [0.3, 0.4) is 0 Å². The number of non-ortho nitro benzene ring substituents is 1. The molecule has 1 unspecified atom stereocenters. The third-order valence-electron chi connectivity index (χ3n) is 5.39. The summed E-state index contributed by atoms with van der Waals surface area (Å²) in [6.07, 6.45) is 0. The summed E-state index contributed by atoms with van der Waals surface area (Å²) in [7, 11) is 1.44. The van der Waals surface area contributed by atoms with Crippen LogP contribution in [0.5, 0.6) is 5.75 Å². The Morgan fingerprint density at radius 2 is 2.03 bits per heavy atom. The van der Waals surface area contributed by atoms with Crippen molar-refractivity contribution in [2.24, 2.45) is 0 Å². The van der Waals surface area contributed by atoms with Gasteiger partial charge in [0.2, 0.25) is 5.91 Å². The smallest absolute Gasteiger partial charge is 0.271 e. The van der Waals surface area contributed by atoms with Gasteiger partial charge in [-0.05, 0) is 19.1 Å². The molecule has 1 aliphatic heterocycles. The zero-order chi connectivity index (χ0) is 24.1. The van der Waals surface area contributed by atoms with Crippen LogP contribution in [0, 0.1) is 10.1 Å². The number of benzene rings is 2. The van der Waals surface area contributed by atoms with Crippen molar-refractivity contribution in [3.05, 3.63) is 58.4 Å². The molecule has 1 aromatic heterocycles. The standard InChI is InChI=1S/C23H25N5O5S/c1-15(22(29)25-19-13-16(28(30)31)7-8-20(19)32-2)34-23-17-5-3-4-6-18(17)24-21(26-23)14-27-9-11-33-12-10-27/h3-8,13,15H,9-12,14H2,1-2H3,(H,25,29). The van der Waals surface area contributed by atoms with Gasteiger partial charge >= 0.3 is 0 Å². The Balaban J connectivity index is 1.55. The summed E-state index contributed by atoms with van der Waals surface area (Å²) in [5, 5.41) is 14.9. The highest BCUT2D eigenvalue weighted by molar-refractivity contribution is 8.00. The van der Waals surface area contributed by atoms with Crippen LogP contribution in [0.2, 0.25) is 0 Å². The maximum Gasteiger partial charge on any atom is 0.271 e. The minimum atomic E-state index is -0.529. The van der Waals surface area contributed by atoms with Crippen molar-refractivity contribution in [2.75, 3.05) is 38.7 Å². The van der Waals surface area contributed by atoms with Crippen molar-refractivity contribution in [3.63, 3.8) is 0 Å². The summed E-state index contributed by atoms with van der Waals surface area (Å²) in [5.41, 5.74) is 0.928. The first kappa shape index (κ1) is 23.9. The molecular formula is C23H25N5O5S. The van der Waals surface area contributed by atoms with Gasteiger partial charge in [0, 0.05) is 30.6 Å². The number of thioether (sulfide) groups is 1. The van der Waals surface area contributed by atoms with E-state index in [2.05, 4.69) is 10.2 Å². The number of para-hydroxylation sites is 1. The van der Waals surface area contributed by atoms with Gasteiger partial charge in [-0.1, -0.05) is 30.0 Å². The molecule has 0 bridgehead atoms. The number of ether oxygens (including phenoxy) is 2. The fourth-order valence-corrected chi connectivity index (χ4v) is 4.53. The SMILES string of the molecule is COc1ccc([N+](=O)[O-])cc1NC(=O)C(C)Sc1nc(CN2CCOCC2)nc2ccccc12. The molecular weight excluding hydrogens is 458 g/mol. The van der Waals surface area contributed by atoms with Gasteiger partial charge in [-0.2, -0.15) is 0 Å². The average Bonchev–Trinajstić information content (AvgIpc) is 2.84. The summed E-state index contributed by atoms with van der Waals surface area (Å²) in [5.74, 6) is 0.716. The molecule has 1 amide bonds. The number of hydrogen-bond donors (Lipinski definition) is 1. The van der Waals surface area contributed by atoms with Gasteiger partial charge in [-0.25, -0.2) is 9.97 Å². The van der Waals surface area contributed by atoms with E-state index in [0.717, 1.165) is 24.0 Å². The van der Waals surface area contributed by atoms with E-state index in [9.17, 15) is 14.9 Å². The maximum absolute atomic E-state index is 13.0. The van der Waals surface area contributed by atoms with Gasteiger partial charge in [0.15, 0.2) is 0 Å². The molecule has 34 heavy (non-hydrogen) atoms. The quantitative estimate of drug-likeness (QED) is 0.222. The molecule has 11 heteroatoms. The van der Waals surface area contributed by atoms with E-state index in [1.54, 1.807) is 6.92 Å². The minimum absolute atomic E-state index is 0.133. The number of carbonyl (C=O) groups is 1. The van der Waals surface area contributed by atoms with Crippen LogP contribution < -0.4 is 10.1 Å². The molecule has 1 atom stereocenters. The Hall–Kier alpha value is -3.28. The predicted molar refractivity (Wildman–Crippen MR) is 129 cm³/mol. The van der Waals surface area contributed by atoms with Crippen molar-refractivity contribution in [2.45, 2.75) is 23.7 Å². The van der Waals surface area contributed by atoms with Gasteiger partial charge in [0.25, 0.3) is 5.69 Å². The summed E-state index contributed by atoms with van der Waals surface area (Å²) in [6, 6.07) is 11.8. The number of rotatable bonds is 8. The summed E-state index contributed by atoms with van der Waals surface area (Å²) in [4.78, 5) is 35.3. The highest BCUT2D eigenvalue weighted by Crippen LogP contribution is 2.32. The predicted octanol–water partition coefficient (Wildman–Crippen LogP) is 3.50. The highest BCUT2D eigenvalue weighted by atomic mass is 32.2. The molecule has 0 radical (unpaired) electrons. The number of anilines is 1. The number of amides is 1. The second kappa shape index (κ2) is 10.8. The zero-order valence-corrected chi connectivity index (χ0v) is 19.7. The molecule has 3 aromatic rings. The molecule has 0 aliphatic carbocycles. The number of fused-ring (bicyclic) bond motifs is 1. The normalized spacial score (nSPS) is 15.1. The molecule has 1 aliphatic rings. The van der Waals surface area contributed by atoms with Crippen LogP contribution in [0.15, 0.2) is 47.5 Å². The lowest BCUT2D eigenvalue weighted by atomic mass is 10.2. The van der Waals surface area contributed by atoms with Crippen molar-refractivity contribution in [1.82, 2.24) is 14.9 Å². The maximum atomic E-state index is 13.0. The summed E-state index contributed by atoms with van der Waals surface area (Å²) < 4.78 is 10.7. The monoisotopic (exact) mass is 483 g/mol. The summed E-state index contributed by atoms with van der Waals surface area (Å²) >= 11 is 1.32. The first-order chi connectivity index (χ1) is 16.4. The molecule has 10 nitrogen and oxygen atoms in total. The van der Waals surface area contributed by atoms with E-state index in [1.807, 2.05) is 24.3 Å². The number of aromatic nitrogens is 2. The van der Waals surface area contributed by atoms with Crippen LogP contribution in [0.25, 0.3) is 10.9 Å². The molecule has 1 fully saturated rings. The molecule has 178 valence electrons. The number of morpholine rings is 1. The van der Waals surface area contributed by atoms with Crippen LogP contribution >= 0.6 is 11.8 Å². The molecule has 4 rings (SSSR count). The van der Waals surface area contributed by atoms with Crippen LogP contribution in [0.4, 0.5) is 11.4 Å². The first-order valence-corrected chi connectivity index (χ1v) is 11.7. The van der Waals surface area contributed by atoms with E-state index in [4.69, 9.17) is 19.4 Å². The molecule has 2 heterocycles. The number of nitrogens with one attached hydrogen (secondary N) is 1. The Labute approximate surface area is 200 Å². The number of nitro groups is 1. The zero-order valence-electron chi connectivity index (χ0n) is 18.9. The van der Waals surface area contributed by atoms with E-state index >= 15 is 0 Å².